The Morgan fingerprint density at radius 3 is 2.80 bits per heavy atom. The van der Waals surface area contributed by atoms with E-state index in [1.165, 1.54) is 5.56 Å². The van der Waals surface area contributed by atoms with Gasteiger partial charge in [0, 0.05) is 19.1 Å². The van der Waals surface area contributed by atoms with Gasteiger partial charge in [-0.05, 0) is 24.6 Å². The van der Waals surface area contributed by atoms with Gasteiger partial charge in [-0.3, -0.25) is 0 Å². The SMILES string of the molecule is COc1ccc(C)cc1NCC(N)CN. The lowest BCUT2D eigenvalue weighted by Crippen LogP contribution is -2.36. The summed E-state index contributed by atoms with van der Waals surface area (Å²) < 4.78 is 5.23. The lowest BCUT2D eigenvalue weighted by atomic mass is 10.2. The third-order valence-corrected chi connectivity index (χ3v) is 2.21. The first-order chi connectivity index (χ1) is 7.17. The zero-order valence-corrected chi connectivity index (χ0v) is 9.29. The highest BCUT2D eigenvalue weighted by Crippen LogP contribution is 2.24. The van der Waals surface area contributed by atoms with Crippen LogP contribution in [0.4, 0.5) is 5.69 Å². The highest BCUT2D eigenvalue weighted by Gasteiger charge is 2.04. The van der Waals surface area contributed by atoms with E-state index < -0.39 is 0 Å². The Morgan fingerprint density at radius 2 is 2.20 bits per heavy atom. The van der Waals surface area contributed by atoms with Crippen molar-refractivity contribution >= 4 is 5.69 Å². The second kappa shape index (κ2) is 5.58. The van der Waals surface area contributed by atoms with Gasteiger partial charge in [-0.2, -0.15) is 0 Å². The Hall–Kier alpha value is -1.26. The molecule has 0 heterocycles. The van der Waals surface area contributed by atoms with Crippen molar-refractivity contribution in [3.63, 3.8) is 0 Å². The standard InChI is InChI=1S/C11H19N3O/c1-8-3-4-11(15-2)10(5-8)14-7-9(13)6-12/h3-5,9,14H,6-7,12-13H2,1-2H3. The maximum absolute atomic E-state index is 5.72. The normalized spacial score (nSPS) is 12.3. The number of nitrogens with one attached hydrogen (secondary N) is 1. The van der Waals surface area contributed by atoms with Gasteiger partial charge in [0.15, 0.2) is 0 Å². The van der Waals surface area contributed by atoms with Crippen molar-refractivity contribution in [1.29, 1.82) is 0 Å². The Morgan fingerprint density at radius 1 is 1.47 bits per heavy atom. The first kappa shape index (κ1) is 11.8. The van der Waals surface area contributed by atoms with Crippen molar-refractivity contribution in [3.05, 3.63) is 23.8 Å². The van der Waals surface area contributed by atoms with Crippen LogP contribution in [0.1, 0.15) is 5.56 Å². The van der Waals surface area contributed by atoms with Gasteiger partial charge in [-0.15, -0.1) is 0 Å². The summed E-state index contributed by atoms with van der Waals surface area (Å²) in [4.78, 5) is 0. The van der Waals surface area contributed by atoms with Gasteiger partial charge in [-0.1, -0.05) is 6.07 Å². The number of anilines is 1. The minimum absolute atomic E-state index is 0.0322. The van der Waals surface area contributed by atoms with Crippen LogP contribution < -0.4 is 21.5 Å². The Balaban J connectivity index is 2.69. The second-order valence-electron chi connectivity index (χ2n) is 3.58. The Labute approximate surface area is 90.6 Å². The lowest BCUT2D eigenvalue weighted by molar-refractivity contribution is 0.416. The van der Waals surface area contributed by atoms with Gasteiger partial charge in [-0.25, -0.2) is 0 Å². The van der Waals surface area contributed by atoms with Crippen LogP contribution >= 0.6 is 0 Å². The number of ether oxygens (including phenoxy) is 1. The molecule has 1 rings (SSSR count). The molecule has 0 saturated carbocycles. The fourth-order valence-corrected chi connectivity index (χ4v) is 1.28. The van der Waals surface area contributed by atoms with E-state index in [0.29, 0.717) is 13.1 Å². The Kier molecular flexibility index (Phi) is 4.39. The van der Waals surface area contributed by atoms with Crippen molar-refractivity contribution in [1.82, 2.24) is 0 Å². The number of benzene rings is 1. The Bertz CT molecular complexity index is 315. The quantitative estimate of drug-likeness (QED) is 0.667. The molecule has 0 saturated heterocycles. The largest absolute Gasteiger partial charge is 0.495 e. The second-order valence-corrected chi connectivity index (χ2v) is 3.58. The summed E-state index contributed by atoms with van der Waals surface area (Å²) in [5, 5.41) is 3.23. The number of hydrogen-bond acceptors (Lipinski definition) is 4. The van der Waals surface area contributed by atoms with E-state index >= 15 is 0 Å². The molecule has 0 fully saturated rings. The molecule has 4 nitrogen and oxygen atoms in total. The van der Waals surface area contributed by atoms with Gasteiger partial charge in [0.1, 0.15) is 5.75 Å². The lowest BCUT2D eigenvalue weighted by Gasteiger charge is -2.14. The summed E-state index contributed by atoms with van der Waals surface area (Å²) in [6.45, 7) is 3.16. The zero-order valence-electron chi connectivity index (χ0n) is 9.29. The van der Waals surface area contributed by atoms with Crippen molar-refractivity contribution in [2.45, 2.75) is 13.0 Å². The predicted molar refractivity (Wildman–Crippen MR) is 63.3 cm³/mol. The molecule has 4 heteroatoms. The summed E-state index contributed by atoms with van der Waals surface area (Å²) in [5.41, 5.74) is 13.3. The molecule has 0 bridgehead atoms. The van der Waals surface area contributed by atoms with E-state index in [0.717, 1.165) is 11.4 Å². The first-order valence-corrected chi connectivity index (χ1v) is 5.01. The molecule has 1 unspecified atom stereocenters. The highest BCUT2D eigenvalue weighted by atomic mass is 16.5. The molecular formula is C11H19N3O. The van der Waals surface area contributed by atoms with Crippen molar-refractivity contribution in [2.24, 2.45) is 11.5 Å². The average Bonchev–Trinajstić information content (AvgIpc) is 2.26. The molecule has 0 aliphatic heterocycles. The van der Waals surface area contributed by atoms with E-state index in [1.54, 1.807) is 7.11 Å². The molecular weight excluding hydrogens is 190 g/mol. The maximum atomic E-state index is 5.72. The minimum Gasteiger partial charge on any atom is -0.495 e. The van der Waals surface area contributed by atoms with E-state index in [9.17, 15) is 0 Å². The molecule has 1 aromatic carbocycles. The van der Waals surface area contributed by atoms with Crippen LogP contribution in [0.3, 0.4) is 0 Å². The van der Waals surface area contributed by atoms with Gasteiger partial charge in [0.05, 0.1) is 12.8 Å². The van der Waals surface area contributed by atoms with Crippen molar-refractivity contribution in [2.75, 3.05) is 25.5 Å². The molecule has 0 aliphatic carbocycles. The zero-order chi connectivity index (χ0) is 11.3. The molecule has 1 aromatic rings. The van der Waals surface area contributed by atoms with Crippen molar-refractivity contribution < 1.29 is 4.74 Å². The number of rotatable bonds is 5. The third kappa shape index (κ3) is 3.42. The number of aryl methyl sites for hydroxylation is 1. The van der Waals surface area contributed by atoms with Crippen LogP contribution in [0, 0.1) is 6.92 Å². The van der Waals surface area contributed by atoms with Crippen LogP contribution in [-0.4, -0.2) is 26.2 Å². The molecule has 0 aromatic heterocycles. The van der Waals surface area contributed by atoms with E-state index in [-0.39, 0.29) is 6.04 Å². The summed E-state index contributed by atoms with van der Waals surface area (Å²) in [6.07, 6.45) is 0. The molecule has 1 atom stereocenters. The summed E-state index contributed by atoms with van der Waals surface area (Å²) in [7, 11) is 1.65. The van der Waals surface area contributed by atoms with Gasteiger partial charge in [0.25, 0.3) is 0 Å². The van der Waals surface area contributed by atoms with Crippen LogP contribution in [0.2, 0.25) is 0 Å². The molecule has 84 valence electrons. The van der Waals surface area contributed by atoms with Crippen LogP contribution in [0.5, 0.6) is 5.75 Å². The third-order valence-electron chi connectivity index (χ3n) is 2.21. The molecule has 0 spiro atoms. The fraction of sp³-hybridized carbons (Fsp3) is 0.455. The van der Waals surface area contributed by atoms with E-state index in [1.807, 2.05) is 25.1 Å². The van der Waals surface area contributed by atoms with Gasteiger partial charge in [0.2, 0.25) is 0 Å². The fourth-order valence-electron chi connectivity index (χ4n) is 1.28. The average molecular weight is 209 g/mol. The number of hydrogen-bond donors (Lipinski definition) is 3. The van der Waals surface area contributed by atoms with Gasteiger partial charge < -0.3 is 21.5 Å². The van der Waals surface area contributed by atoms with Gasteiger partial charge >= 0.3 is 0 Å². The minimum atomic E-state index is -0.0322. The first-order valence-electron chi connectivity index (χ1n) is 5.01. The van der Waals surface area contributed by atoms with Crippen LogP contribution in [0.25, 0.3) is 0 Å². The number of methoxy groups -OCH3 is 1. The number of nitrogens with two attached hydrogens (primary N) is 2. The molecule has 0 aliphatic rings. The molecule has 0 radical (unpaired) electrons. The van der Waals surface area contributed by atoms with E-state index in [2.05, 4.69) is 5.32 Å². The topological polar surface area (TPSA) is 73.3 Å². The summed E-state index contributed by atoms with van der Waals surface area (Å²) in [6, 6.07) is 5.94. The molecule has 0 amide bonds. The van der Waals surface area contributed by atoms with E-state index in [4.69, 9.17) is 16.2 Å². The highest BCUT2D eigenvalue weighted by molar-refractivity contribution is 5.58. The molecule has 15 heavy (non-hydrogen) atoms. The van der Waals surface area contributed by atoms with Crippen LogP contribution in [-0.2, 0) is 0 Å². The smallest absolute Gasteiger partial charge is 0.141 e. The summed E-state index contributed by atoms with van der Waals surface area (Å²) in [5.74, 6) is 0.824. The monoisotopic (exact) mass is 209 g/mol. The maximum Gasteiger partial charge on any atom is 0.141 e. The predicted octanol–water partition coefficient (Wildman–Crippen LogP) is 0.702. The van der Waals surface area contributed by atoms with Crippen LogP contribution in [0.15, 0.2) is 18.2 Å². The molecule has 5 N–H and O–H groups in total. The summed E-state index contributed by atoms with van der Waals surface area (Å²) >= 11 is 0. The van der Waals surface area contributed by atoms with Crippen molar-refractivity contribution in [3.8, 4) is 5.75 Å².